The number of hydrogen-bond donors (Lipinski definition) is 4. The van der Waals surface area contributed by atoms with Gasteiger partial charge in [0.2, 0.25) is 0 Å². The molecule has 248 valence electrons. The first-order chi connectivity index (χ1) is 21.7. The third kappa shape index (κ3) is 9.03. The van der Waals surface area contributed by atoms with Gasteiger partial charge in [0.05, 0.1) is 24.0 Å². The Morgan fingerprint density at radius 1 is 1.00 bits per heavy atom. The van der Waals surface area contributed by atoms with Crippen LogP contribution in [0.25, 0.3) is 11.6 Å². The SMILES string of the molecule is CCN(CC)CCNC(=O)c1c(C)[nH]c(/C=C2\C(=O)Nc3ccc(OC(=O)CCC(=O)O[C@@H](C)C(=O)O[C@H](C)C(=O)O)cc32)c1C. The number of carbonyl (C=O) groups excluding carboxylic acids is 5. The van der Waals surface area contributed by atoms with Crippen molar-refractivity contribution in [1.29, 1.82) is 0 Å². The number of aliphatic carboxylic acids is 1. The van der Waals surface area contributed by atoms with Crippen LogP contribution in [0.3, 0.4) is 0 Å². The van der Waals surface area contributed by atoms with Gasteiger partial charge in [-0.3, -0.25) is 19.2 Å². The van der Waals surface area contributed by atoms with E-state index < -0.39 is 42.5 Å². The molecule has 1 aromatic carbocycles. The molecule has 0 fully saturated rings. The fourth-order valence-corrected chi connectivity index (χ4v) is 4.74. The Morgan fingerprint density at radius 2 is 1.67 bits per heavy atom. The lowest BCUT2D eigenvalue weighted by Crippen LogP contribution is -2.35. The lowest BCUT2D eigenvalue weighted by Gasteiger charge is -2.18. The molecule has 0 saturated heterocycles. The van der Waals surface area contributed by atoms with Crippen LogP contribution >= 0.6 is 0 Å². The number of rotatable bonds is 15. The molecule has 1 aliphatic rings. The second kappa shape index (κ2) is 15.8. The summed E-state index contributed by atoms with van der Waals surface area (Å²) in [7, 11) is 0. The quantitative estimate of drug-likeness (QED) is 0.127. The van der Waals surface area contributed by atoms with Crippen molar-refractivity contribution in [3.05, 3.63) is 46.3 Å². The Balaban J connectivity index is 1.65. The van der Waals surface area contributed by atoms with Crippen molar-refractivity contribution in [2.24, 2.45) is 0 Å². The summed E-state index contributed by atoms with van der Waals surface area (Å²) in [5, 5.41) is 14.5. The number of fused-ring (bicyclic) bond motifs is 1. The highest BCUT2D eigenvalue weighted by molar-refractivity contribution is 6.35. The van der Waals surface area contributed by atoms with Gasteiger partial charge >= 0.3 is 23.9 Å². The Labute approximate surface area is 266 Å². The third-order valence-electron chi connectivity index (χ3n) is 7.42. The highest BCUT2D eigenvalue weighted by Crippen LogP contribution is 2.36. The van der Waals surface area contributed by atoms with Crippen LogP contribution < -0.4 is 15.4 Å². The Hall–Kier alpha value is -4.98. The number of carbonyl (C=O) groups is 6. The fourth-order valence-electron chi connectivity index (χ4n) is 4.74. The van der Waals surface area contributed by atoms with E-state index >= 15 is 0 Å². The first kappa shape index (κ1) is 35.5. The van der Waals surface area contributed by atoms with E-state index in [2.05, 4.69) is 39.1 Å². The zero-order valence-corrected chi connectivity index (χ0v) is 26.8. The number of aromatic nitrogens is 1. The molecule has 0 unspecified atom stereocenters. The number of ether oxygens (including phenoxy) is 3. The van der Waals surface area contributed by atoms with E-state index in [1.807, 2.05) is 0 Å². The number of anilines is 1. The molecule has 0 aliphatic carbocycles. The van der Waals surface area contributed by atoms with Crippen molar-refractivity contribution in [3.63, 3.8) is 0 Å². The standard InChI is InChI=1S/C32H40N4O10/c1-7-36(8-2)14-13-33-30(40)28-17(3)25(34-18(28)4)16-23-22-15-21(9-10-24(22)35-29(23)39)46-27(38)12-11-26(37)44-20(6)32(43)45-19(5)31(41)42/h9-10,15-16,19-20,34H,7-8,11-14H2,1-6H3,(H,33,40)(H,35,39)(H,41,42)/b23-16-/t19-,20+/m1/s1. The second-order valence-electron chi connectivity index (χ2n) is 10.7. The zero-order valence-electron chi connectivity index (χ0n) is 26.8. The highest BCUT2D eigenvalue weighted by Gasteiger charge is 2.27. The van der Waals surface area contributed by atoms with Gasteiger partial charge in [-0.25, -0.2) is 9.59 Å². The lowest BCUT2D eigenvalue weighted by atomic mass is 10.0. The second-order valence-corrected chi connectivity index (χ2v) is 10.7. The summed E-state index contributed by atoms with van der Waals surface area (Å²) >= 11 is 0. The van der Waals surface area contributed by atoms with Gasteiger partial charge in [-0.1, -0.05) is 13.8 Å². The normalized spacial score (nSPS) is 14.3. The fraction of sp³-hybridized carbons (Fsp3) is 0.438. The van der Waals surface area contributed by atoms with Gasteiger partial charge in [0.1, 0.15) is 5.75 Å². The minimum Gasteiger partial charge on any atom is -0.479 e. The predicted octanol–water partition coefficient (Wildman–Crippen LogP) is 2.83. The number of hydrogen-bond acceptors (Lipinski definition) is 10. The molecular weight excluding hydrogens is 600 g/mol. The van der Waals surface area contributed by atoms with Crippen LogP contribution in [0.4, 0.5) is 5.69 Å². The maximum Gasteiger partial charge on any atom is 0.347 e. The van der Waals surface area contributed by atoms with E-state index in [4.69, 9.17) is 14.6 Å². The van der Waals surface area contributed by atoms with Gasteiger partial charge in [-0.15, -0.1) is 0 Å². The molecule has 14 nitrogen and oxygen atoms in total. The molecule has 46 heavy (non-hydrogen) atoms. The molecule has 1 aliphatic heterocycles. The number of aryl methyl sites for hydroxylation is 1. The Bertz CT molecular complexity index is 1540. The molecular formula is C32H40N4O10. The van der Waals surface area contributed by atoms with Crippen LogP contribution in [0, 0.1) is 13.8 Å². The Kier molecular flexibility index (Phi) is 12.2. The van der Waals surface area contributed by atoms with Gasteiger partial charge in [0, 0.05) is 35.7 Å². The Morgan fingerprint density at radius 3 is 2.33 bits per heavy atom. The van der Waals surface area contributed by atoms with E-state index in [0.717, 1.165) is 26.6 Å². The van der Waals surface area contributed by atoms with Crippen molar-refractivity contribution in [1.82, 2.24) is 15.2 Å². The van der Waals surface area contributed by atoms with Crippen LogP contribution in [0.5, 0.6) is 5.75 Å². The number of likely N-dealkylation sites (N-methyl/N-ethyl adjacent to an activating group) is 1. The van der Waals surface area contributed by atoms with E-state index in [9.17, 15) is 28.8 Å². The van der Waals surface area contributed by atoms with E-state index in [1.54, 1.807) is 26.0 Å². The summed E-state index contributed by atoms with van der Waals surface area (Å²) < 4.78 is 14.9. The summed E-state index contributed by atoms with van der Waals surface area (Å²) in [5.41, 5.74) is 3.72. The first-order valence-corrected chi connectivity index (χ1v) is 15.0. The van der Waals surface area contributed by atoms with Crippen LogP contribution in [0.15, 0.2) is 18.2 Å². The molecule has 0 bridgehead atoms. The van der Waals surface area contributed by atoms with Gasteiger partial charge < -0.3 is 39.8 Å². The van der Waals surface area contributed by atoms with Gasteiger partial charge in [0.25, 0.3) is 11.8 Å². The topological polar surface area (TPSA) is 193 Å². The summed E-state index contributed by atoms with van der Waals surface area (Å²) in [4.78, 5) is 78.5. The monoisotopic (exact) mass is 640 g/mol. The maximum atomic E-state index is 13.0. The van der Waals surface area contributed by atoms with Crippen molar-refractivity contribution in [3.8, 4) is 5.75 Å². The molecule has 0 saturated carbocycles. The molecule has 4 N–H and O–H groups in total. The number of nitrogens with zero attached hydrogens (tertiary/aromatic N) is 1. The van der Waals surface area contributed by atoms with Gasteiger partial charge in [-0.05, 0) is 70.6 Å². The number of nitrogens with one attached hydrogen (secondary N) is 3. The van der Waals surface area contributed by atoms with Crippen molar-refractivity contribution < 1.29 is 48.1 Å². The summed E-state index contributed by atoms with van der Waals surface area (Å²) in [5.74, 6) is -4.48. The molecule has 0 spiro atoms. The largest absolute Gasteiger partial charge is 0.479 e. The molecule has 0 radical (unpaired) electrons. The molecule has 2 amide bonds. The third-order valence-corrected chi connectivity index (χ3v) is 7.42. The number of aromatic amines is 1. The molecule has 2 atom stereocenters. The van der Waals surface area contributed by atoms with Crippen LogP contribution in [0.1, 0.15) is 73.4 Å². The van der Waals surface area contributed by atoms with Crippen LogP contribution in [0.2, 0.25) is 0 Å². The minimum atomic E-state index is -1.41. The van der Waals surface area contributed by atoms with Crippen LogP contribution in [-0.2, 0) is 33.4 Å². The number of carboxylic acids is 1. The maximum absolute atomic E-state index is 13.0. The van der Waals surface area contributed by atoms with Crippen molar-refractivity contribution in [2.75, 3.05) is 31.5 Å². The van der Waals surface area contributed by atoms with Crippen molar-refractivity contribution in [2.45, 2.75) is 66.6 Å². The highest BCUT2D eigenvalue weighted by atomic mass is 16.6. The molecule has 2 heterocycles. The van der Waals surface area contributed by atoms with Gasteiger partial charge in [-0.2, -0.15) is 0 Å². The predicted molar refractivity (Wildman–Crippen MR) is 167 cm³/mol. The first-order valence-electron chi connectivity index (χ1n) is 15.0. The number of H-pyrrole nitrogens is 1. The molecule has 14 heteroatoms. The number of carboxylic acid groups (broad SMARTS) is 1. The van der Waals surface area contributed by atoms with E-state index in [-0.39, 0.29) is 24.0 Å². The summed E-state index contributed by atoms with van der Waals surface area (Å²) in [6.45, 7) is 13.1. The zero-order chi connectivity index (χ0) is 34.1. The number of amides is 2. The lowest BCUT2D eigenvalue weighted by molar-refractivity contribution is -0.175. The number of benzene rings is 1. The van der Waals surface area contributed by atoms with Crippen LogP contribution in [-0.4, -0.2) is 89.1 Å². The smallest absolute Gasteiger partial charge is 0.347 e. The number of esters is 3. The minimum absolute atomic E-state index is 0.131. The van der Waals surface area contributed by atoms with E-state index in [1.165, 1.54) is 19.1 Å². The van der Waals surface area contributed by atoms with Gasteiger partial charge in [0.15, 0.2) is 12.2 Å². The molecule has 2 aromatic rings. The summed E-state index contributed by atoms with van der Waals surface area (Å²) in [6, 6.07) is 4.59. The summed E-state index contributed by atoms with van der Waals surface area (Å²) in [6.07, 6.45) is -1.92. The van der Waals surface area contributed by atoms with Crippen molar-refractivity contribution >= 4 is 53.0 Å². The average molecular weight is 641 g/mol. The average Bonchev–Trinajstić information content (AvgIpc) is 3.47. The van der Waals surface area contributed by atoms with E-state index in [0.29, 0.717) is 45.9 Å². The molecule has 3 rings (SSSR count). The molecule has 1 aromatic heterocycles.